The summed E-state index contributed by atoms with van der Waals surface area (Å²) in [6, 6.07) is 12.1. The lowest BCUT2D eigenvalue weighted by Gasteiger charge is -2.26. The van der Waals surface area contributed by atoms with Crippen molar-refractivity contribution in [2.45, 2.75) is 6.04 Å². The number of likely N-dealkylation sites (N-methyl/N-ethyl adjacent to an activating group) is 1. The van der Waals surface area contributed by atoms with Gasteiger partial charge in [0.05, 0.1) is 6.54 Å². The third kappa shape index (κ3) is 5.38. The van der Waals surface area contributed by atoms with Crippen LogP contribution < -0.4 is 16.4 Å². The predicted molar refractivity (Wildman–Crippen MR) is 94.6 cm³/mol. The summed E-state index contributed by atoms with van der Waals surface area (Å²) in [6.45, 7) is -0.136. The van der Waals surface area contributed by atoms with Crippen LogP contribution in [-0.2, 0) is 9.59 Å². The van der Waals surface area contributed by atoms with Gasteiger partial charge in [0, 0.05) is 5.69 Å². The van der Waals surface area contributed by atoms with Crippen molar-refractivity contribution < 1.29 is 18.8 Å². The smallest absolute Gasteiger partial charge is 0.318 e. The van der Waals surface area contributed by atoms with Crippen LogP contribution in [0.2, 0.25) is 0 Å². The molecule has 2 aromatic carbocycles. The second-order valence-corrected chi connectivity index (χ2v) is 5.64. The van der Waals surface area contributed by atoms with E-state index in [1.54, 1.807) is 37.4 Å². The topological polar surface area (TPSA) is 105 Å². The Bertz CT molecular complexity index is 781. The van der Waals surface area contributed by atoms with E-state index >= 15 is 0 Å². The van der Waals surface area contributed by atoms with E-state index in [0.29, 0.717) is 11.3 Å². The summed E-state index contributed by atoms with van der Waals surface area (Å²) < 4.78 is 12.9. The number of hydrogen-bond acceptors (Lipinski definition) is 4. The van der Waals surface area contributed by atoms with Crippen molar-refractivity contribution in [1.29, 1.82) is 0 Å². The summed E-state index contributed by atoms with van der Waals surface area (Å²) in [5.41, 5.74) is 6.06. The van der Waals surface area contributed by atoms with Gasteiger partial charge < -0.3 is 11.1 Å². The number of carbonyl (C=O) groups excluding carboxylic acids is 3. The number of halogens is 1. The summed E-state index contributed by atoms with van der Waals surface area (Å²) in [4.78, 5) is 37.1. The molecular formula is C18H19FN4O3. The van der Waals surface area contributed by atoms with E-state index in [0.717, 1.165) is 0 Å². The van der Waals surface area contributed by atoms with Crippen LogP contribution >= 0.6 is 0 Å². The van der Waals surface area contributed by atoms with Crippen molar-refractivity contribution in [2.75, 3.05) is 18.9 Å². The quantitative estimate of drug-likeness (QED) is 0.730. The Morgan fingerprint density at radius 1 is 1.08 bits per heavy atom. The molecule has 0 radical (unpaired) electrons. The first-order chi connectivity index (χ1) is 12.4. The Morgan fingerprint density at radius 2 is 1.69 bits per heavy atom. The van der Waals surface area contributed by atoms with Gasteiger partial charge in [-0.3, -0.25) is 19.8 Å². The van der Waals surface area contributed by atoms with Crippen LogP contribution in [0.4, 0.5) is 14.9 Å². The molecule has 4 N–H and O–H groups in total. The third-order valence-electron chi connectivity index (χ3n) is 3.57. The van der Waals surface area contributed by atoms with Gasteiger partial charge in [0.25, 0.3) is 0 Å². The molecule has 8 heteroatoms. The predicted octanol–water partition coefficient (Wildman–Crippen LogP) is 1.63. The summed E-state index contributed by atoms with van der Waals surface area (Å²) >= 11 is 0. The van der Waals surface area contributed by atoms with Crippen LogP contribution in [0.1, 0.15) is 11.6 Å². The number of nitrogens with zero attached hydrogens (tertiary/aromatic N) is 1. The number of benzene rings is 2. The van der Waals surface area contributed by atoms with Gasteiger partial charge in [-0.25, -0.2) is 9.18 Å². The number of rotatable bonds is 6. The van der Waals surface area contributed by atoms with E-state index < -0.39 is 29.7 Å². The number of carbonyl (C=O) groups is 3. The van der Waals surface area contributed by atoms with Gasteiger partial charge in [0.2, 0.25) is 11.8 Å². The van der Waals surface area contributed by atoms with Gasteiger partial charge in [-0.15, -0.1) is 0 Å². The highest BCUT2D eigenvalue weighted by Gasteiger charge is 2.27. The standard InChI is InChI=1S/C18H19FN4O3/c1-23(11-15(24)21-14-9-7-13(19)8-10-14)16(17(25)22-18(20)26)12-5-3-2-4-6-12/h2-10,16H,11H2,1H3,(H,21,24)(H3,20,22,25,26)/t16-/m1/s1. The number of hydrogen-bond donors (Lipinski definition) is 3. The van der Waals surface area contributed by atoms with Gasteiger partial charge in [-0.05, 0) is 36.9 Å². The lowest BCUT2D eigenvalue weighted by molar-refractivity contribution is -0.126. The van der Waals surface area contributed by atoms with Crippen molar-refractivity contribution in [2.24, 2.45) is 5.73 Å². The van der Waals surface area contributed by atoms with Gasteiger partial charge in [-0.1, -0.05) is 30.3 Å². The van der Waals surface area contributed by atoms with Crippen molar-refractivity contribution in [3.05, 3.63) is 66.0 Å². The molecule has 0 aliphatic rings. The van der Waals surface area contributed by atoms with Crippen LogP contribution in [0.15, 0.2) is 54.6 Å². The zero-order valence-corrected chi connectivity index (χ0v) is 14.1. The number of amides is 4. The first kappa shape index (κ1) is 19.1. The van der Waals surface area contributed by atoms with Crippen LogP contribution in [0.25, 0.3) is 0 Å². The lowest BCUT2D eigenvalue weighted by atomic mass is 10.0. The largest absolute Gasteiger partial charge is 0.351 e. The molecule has 0 spiro atoms. The Balaban J connectivity index is 2.11. The Morgan fingerprint density at radius 3 is 2.27 bits per heavy atom. The molecule has 2 rings (SSSR count). The lowest BCUT2D eigenvalue weighted by Crippen LogP contribution is -2.45. The monoisotopic (exact) mass is 358 g/mol. The Hall–Kier alpha value is -3.26. The maximum absolute atomic E-state index is 12.9. The minimum Gasteiger partial charge on any atom is -0.351 e. The fraction of sp³-hybridized carbons (Fsp3) is 0.167. The number of nitrogens with two attached hydrogens (primary N) is 1. The van der Waals surface area contributed by atoms with Crippen LogP contribution in [0, 0.1) is 5.82 Å². The highest BCUT2D eigenvalue weighted by atomic mass is 19.1. The highest BCUT2D eigenvalue weighted by molar-refractivity contribution is 5.97. The third-order valence-corrected chi connectivity index (χ3v) is 3.57. The van der Waals surface area contributed by atoms with E-state index in [4.69, 9.17) is 5.73 Å². The van der Waals surface area contributed by atoms with E-state index in [1.807, 2.05) is 5.32 Å². The summed E-state index contributed by atoms with van der Waals surface area (Å²) in [5.74, 6) is -1.44. The van der Waals surface area contributed by atoms with Crippen LogP contribution in [0.5, 0.6) is 0 Å². The molecule has 0 aliphatic heterocycles. The molecule has 0 fully saturated rings. The fourth-order valence-electron chi connectivity index (χ4n) is 2.48. The fourth-order valence-corrected chi connectivity index (χ4v) is 2.48. The van der Waals surface area contributed by atoms with Crippen molar-refractivity contribution in [3.63, 3.8) is 0 Å². The average Bonchev–Trinajstić information content (AvgIpc) is 2.57. The molecule has 0 heterocycles. The van der Waals surface area contributed by atoms with Crippen LogP contribution in [0.3, 0.4) is 0 Å². The molecule has 0 saturated heterocycles. The molecule has 4 amide bonds. The zero-order valence-electron chi connectivity index (χ0n) is 14.1. The van der Waals surface area contributed by atoms with E-state index in [1.165, 1.54) is 29.2 Å². The summed E-state index contributed by atoms with van der Waals surface area (Å²) in [5, 5.41) is 4.65. The summed E-state index contributed by atoms with van der Waals surface area (Å²) in [6.07, 6.45) is 0. The molecule has 0 aromatic heterocycles. The number of anilines is 1. The van der Waals surface area contributed by atoms with E-state index in [9.17, 15) is 18.8 Å². The molecule has 2 aromatic rings. The summed E-state index contributed by atoms with van der Waals surface area (Å²) in [7, 11) is 1.57. The second-order valence-electron chi connectivity index (χ2n) is 5.64. The molecule has 26 heavy (non-hydrogen) atoms. The van der Waals surface area contributed by atoms with Gasteiger partial charge in [0.15, 0.2) is 0 Å². The number of urea groups is 1. The van der Waals surface area contributed by atoms with E-state index in [2.05, 4.69) is 5.32 Å². The van der Waals surface area contributed by atoms with Gasteiger partial charge >= 0.3 is 6.03 Å². The second kappa shape index (κ2) is 8.72. The van der Waals surface area contributed by atoms with Gasteiger partial charge in [-0.2, -0.15) is 0 Å². The molecule has 1 atom stereocenters. The first-order valence-corrected chi connectivity index (χ1v) is 7.77. The minimum atomic E-state index is -0.972. The molecule has 7 nitrogen and oxygen atoms in total. The highest BCUT2D eigenvalue weighted by Crippen LogP contribution is 2.19. The maximum atomic E-state index is 12.9. The van der Waals surface area contributed by atoms with Crippen molar-refractivity contribution in [1.82, 2.24) is 10.2 Å². The van der Waals surface area contributed by atoms with Crippen molar-refractivity contribution in [3.8, 4) is 0 Å². The minimum absolute atomic E-state index is 0.136. The number of primary amides is 1. The molecule has 0 saturated carbocycles. The SMILES string of the molecule is CN(CC(=O)Nc1ccc(F)cc1)[C@@H](C(=O)NC(N)=O)c1ccccc1. The average molecular weight is 358 g/mol. The van der Waals surface area contributed by atoms with E-state index in [-0.39, 0.29) is 6.54 Å². The number of imide groups is 1. The Kier molecular flexibility index (Phi) is 6.40. The zero-order chi connectivity index (χ0) is 19.1. The first-order valence-electron chi connectivity index (χ1n) is 7.77. The molecule has 136 valence electrons. The normalized spacial score (nSPS) is 11.7. The number of nitrogens with one attached hydrogen (secondary N) is 2. The van der Waals surface area contributed by atoms with Gasteiger partial charge in [0.1, 0.15) is 11.9 Å². The van der Waals surface area contributed by atoms with Crippen molar-refractivity contribution >= 4 is 23.5 Å². The molecular weight excluding hydrogens is 339 g/mol. The molecule has 0 bridgehead atoms. The van der Waals surface area contributed by atoms with Crippen LogP contribution in [-0.4, -0.2) is 36.3 Å². The molecule has 0 unspecified atom stereocenters. The Labute approximate surface area is 150 Å². The maximum Gasteiger partial charge on any atom is 0.318 e. The molecule has 0 aliphatic carbocycles.